The monoisotopic (exact) mass is 249 g/mol. The van der Waals surface area contributed by atoms with Crippen LogP contribution in [0.3, 0.4) is 0 Å². The molecule has 1 heterocycles. The highest BCUT2D eigenvalue weighted by atomic mass is 16.5. The number of rotatable bonds is 5. The highest BCUT2D eigenvalue weighted by Gasteiger charge is 2.31. The number of hydrogen-bond donors (Lipinski definition) is 1. The van der Waals surface area contributed by atoms with E-state index in [1.54, 1.807) is 0 Å². The van der Waals surface area contributed by atoms with Crippen LogP contribution in [0.4, 0.5) is 5.69 Å². The summed E-state index contributed by atoms with van der Waals surface area (Å²) in [5.74, 6) is 0.912. The fourth-order valence-corrected chi connectivity index (χ4v) is 2.32. The molecule has 1 unspecified atom stereocenters. The van der Waals surface area contributed by atoms with Crippen LogP contribution in [0.1, 0.15) is 33.6 Å². The van der Waals surface area contributed by atoms with E-state index in [1.165, 1.54) is 0 Å². The van der Waals surface area contributed by atoms with E-state index in [0.29, 0.717) is 12.7 Å². The summed E-state index contributed by atoms with van der Waals surface area (Å²) in [6, 6.07) is 8.07. The fraction of sp³-hybridized carbons (Fsp3) is 0.600. The zero-order valence-corrected chi connectivity index (χ0v) is 11.5. The zero-order chi connectivity index (χ0) is 13.0. The van der Waals surface area contributed by atoms with E-state index in [-0.39, 0.29) is 5.60 Å². The van der Waals surface area contributed by atoms with Crippen molar-refractivity contribution in [2.45, 2.75) is 45.3 Å². The molecule has 0 aliphatic carbocycles. The SMILES string of the molecule is CCOc1cccc(NCC2CCC(C)(C)O2)c1. The van der Waals surface area contributed by atoms with Gasteiger partial charge in [-0.3, -0.25) is 0 Å². The molecule has 0 amide bonds. The minimum atomic E-state index is 0.0412. The first-order valence-corrected chi connectivity index (χ1v) is 6.73. The Morgan fingerprint density at radius 2 is 2.28 bits per heavy atom. The summed E-state index contributed by atoms with van der Waals surface area (Å²) < 4.78 is 11.4. The van der Waals surface area contributed by atoms with Gasteiger partial charge in [-0.05, 0) is 45.7 Å². The second-order valence-corrected chi connectivity index (χ2v) is 5.38. The maximum absolute atomic E-state index is 5.95. The third-order valence-corrected chi connectivity index (χ3v) is 3.23. The van der Waals surface area contributed by atoms with Gasteiger partial charge in [0.25, 0.3) is 0 Å². The fourth-order valence-electron chi connectivity index (χ4n) is 2.32. The van der Waals surface area contributed by atoms with Crippen molar-refractivity contribution in [1.29, 1.82) is 0 Å². The average molecular weight is 249 g/mol. The number of nitrogens with one attached hydrogen (secondary N) is 1. The lowest BCUT2D eigenvalue weighted by molar-refractivity contribution is -0.00911. The summed E-state index contributed by atoms with van der Waals surface area (Å²) in [7, 11) is 0. The van der Waals surface area contributed by atoms with Crippen molar-refractivity contribution >= 4 is 5.69 Å². The Balaban J connectivity index is 1.85. The Kier molecular flexibility index (Phi) is 4.12. The van der Waals surface area contributed by atoms with Gasteiger partial charge in [0.1, 0.15) is 5.75 Å². The third-order valence-electron chi connectivity index (χ3n) is 3.23. The Labute approximate surface area is 109 Å². The summed E-state index contributed by atoms with van der Waals surface area (Å²) in [6.07, 6.45) is 2.58. The maximum atomic E-state index is 5.95. The molecular weight excluding hydrogens is 226 g/mol. The molecule has 1 aromatic rings. The molecule has 0 saturated carbocycles. The van der Waals surface area contributed by atoms with Crippen LogP contribution in [0.5, 0.6) is 5.75 Å². The predicted octanol–water partition coefficient (Wildman–Crippen LogP) is 3.45. The minimum Gasteiger partial charge on any atom is -0.494 e. The molecule has 3 heteroatoms. The highest BCUT2D eigenvalue weighted by molar-refractivity contribution is 5.48. The molecule has 0 spiro atoms. The molecule has 1 aromatic carbocycles. The summed E-state index contributed by atoms with van der Waals surface area (Å²) in [5.41, 5.74) is 1.13. The van der Waals surface area contributed by atoms with E-state index >= 15 is 0 Å². The van der Waals surface area contributed by atoms with Crippen molar-refractivity contribution in [2.75, 3.05) is 18.5 Å². The van der Waals surface area contributed by atoms with E-state index in [4.69, 9.17) is 9.47 Å². The minimum absolute atomic E-state index is 0.0412. The van der Waals surface area contributed by atoms with Gasteiger partial charge >= 0.3 is 0 Å². The molecule has 1 aliphatic rings. The molecule has 100 valence electrons. The Morgan fingerprint density at radius 1 is 1.44 bits per heavy atom. The van der Waals surface area contributed by atoms with Crippen LogP contribution in [0, 0.1) is 0 Å². The molecular formula is C15H23NO2. The van der Waals surface area contributed by atoms with Gasteiger partial charge in [-0.1, -0.05) is 6.07 Å². The average Bonchev–Trinajstić information content (AvgIpc) is 2.68. The van der Waals surface area contributed by atoms with Crippen LogP contribution in [0.15, 0.2) is 24.3 Å². The van der Waals surface area contributed by atoms with Gasteiger partial charge in [0.15, 0.2) is 0 Å². The van der Waals surface area contributed by atoms with Crippen LogP contribution in [0.25, 0.3) is 0 Å². The first kappa shape index (κ1) is 13.2. The van der Waals surface area contributed by atoms with Crippen molar-refractivity contribution in [3.63, 3.8) is 0 Å². The topological polar surface area (TPSA) is 30.5 Å². The molecule has 18 heavy (non-hydrogen) atoms. The molecule has 1 aliphatic heterocycles. The standard InChI is InChI=1S/C15H23NO2/c1-4-17-13-7-5-6-12(10-13)16-11-14-8-9-15(2,3)18-14/h5-7,10,14,16H,4,8-9,11H2,1-3H3. The molecule has 0 bridgehead atoms. The Hall–Kier alpha value is -1.22. The summed E-state index contributed by atoms with van der Waals surface area (Å²) in [6.45, 7) is 7.86. The lowest BCUT2D eigenvalue weighted by atomic mass is 10.1. The molecule has 0 aromatic heterocycles. The molecule has 1 N–H and O–H groups in total. The normalized spacial score (nSPS) is 21.8. The van der Waals surface area contributed by atoms with Crippen molar-refractivity contribution in [1.82, 2.24) is 0 Å². The number of benzene rings is 1. The van der Waals surface area contributed by atoms with Gasteiger partial charge in [-0.2, -0.15) is 0 Å². The molecule has 1 fully saturated rings. The number of hydrogen-bond acceptors (Lipinski definition) is 3. The van der Waals surface area contributed by atoms with Crippen molar-refractivity contribution < 1.29 is 9.47 Å². The summed E-state index contributed by atoms with van der Waals surface area (Å²) in [4.78, 5) is 0. The first-order chi connectivity index (χ1) is 8.59. The van der Waals surface area contributed by atoms with Crippen LogP contribution >= 0.6 is 0 Å². The second-order valence-electron chi connectivity index (χ2n) is 5.38. The Morgan fingerprint density at radius 3 is 2.94 bits per heavy atom. The van der Waals surface area contributed by atoms with Gasteiger partial charge < -0.3 is 14.8 Å². The lowest BCUT2D eigenvalue weighted by Gasteiger charge is -2.20. The van der Waals surface area contributed by atoms with E-state index in [2.05, 4.69) is 25.2 Å². The van der Waals surface area contributed by atoms with Gasteiger partial charge in [0.05, 0.1) is 18.3 Å². The Bertz CT molecular complexity index is 390. The van der Waals surface area contributed by atoms with Crippen LogP contribution in [-0.2, 0) is 4.74 Å². The zero-order valence-electron chi connectivity index (χ0n) is 11.5. The van der Waals surface area contributed by atoms with Crippen LogP contribution in [0.2, 0.25) is 0 Å². The largest absolute Gasteiger partial charge is 0.494 e. The van der Waals surface area contributed by atoms with Crippen molar-refractivity contribution in [3.05, 3.63) is 24.3 Å². The number of ether oxygens (including phenoxy) is 2. The van der Waals surface area contributed by atoms with Gasteiger partial charge in [0.2, 0.25) is 0 Å². The van der Waals surface area contributed by atoms with Gasteiger partial charge in [0, 0.05) is 18.3 Å². The highest BCUT2D eigenvalue weighted by Crippen LogP contribution is 2.29. The molecule has 3 nitrogen and oxygen atoms in total. The number of anilines is 1. The molecule has 1 saturated heterocycles. The smallest absolute Gasteiger partial charge is 0.121 e. The van der Waals surface area contributed by atoms with Gasteiger partial charge in [-0.25, -0.2) is 0 Å². The summed E-state index contributed by atoms with van der Waals surface area (Å²) >= 11 is 0. The predicted molar refractivity (Wildman–Crippen MR) is 74.3 cm³/mol. The van der Waals surface area contributed by atoms with E-state index < -0.39 is 0 Å². The van der Waals surface area contributed by atoms with Gasteiger partial charge in [-0.15, -0.1) is 0 Å². The molecule has 0 radical (unpaired) electrons. The first-order valence-electron chi connectivity index (χ1n) is 6.73. The van der Waals surface area contributed by atoms with Crippen molar-refractivity contribution in [3.8, 4) is 5.75 Å². The van der Waals surface area contributed by atoms with Crippen LogP contribution < -0.4 is 10.1 Å². The molecule has 2 rings (SSSR count). The third kappa shape index (κ3) is 3.64. The lowest BCUT2D eigenvalue weighted by Crippen LogP contribution is -2.24. The van der Waals surface area contributed by atoms with Crippen molar-refractivity contribution in [2.24, 2.45) is 0 Å². The quantitative estimate of drug-likeness (QED) is 0.867. The van der Waals surface area contributed by atoms with E-state index in [9.17, 15) is 0 Å². The summed E-state index contributed by atoms with van der Waals surface area (Å²) in [5, 5.41) is 3.42. The van der Waals surface area contributed by atoms with Crippen LogP contribution in [-0.4, -0.2) is 24.9 Å². The second kappa shape index (κ2) is 5.61. The molecule has 1 atom stereocenters. The maximum Gasteiger partial charge on any atom is 0.121 e. The van der Waals surface area contributed by atoms with E-state index in [1.807, 2.05) is 25.1 Å². The van der Waals surface area contributed by atoms with E-state index in [0.717, 1.165) is 30.8 Å².